The number of ether oxygens (including phenoxy) is 1. The molecule has 3 heterocycles. The maximum atomic E-state index is 5.81. The number of nitrogens with one attached hydrogen (secondary N) is 1. The van der Waals surface area contributed by atoms with E-state index in [1.54, 1.807) is 0 Å². The van der Waals surface area contributed by atoms with Gasteiger partial charge in [0.2, 0.25) is 5.89 Å². The van der Waals surface area contributed by atoms with Crippen LogP contribution in [-0.2, 0) is 4.74 Å². The number of hydrogen-bond acceptors (Lipinski definition) is 4. The molecule has 1 aromatic rings. The number of piperidine rings is 1. The maximum absolute atomic E-state index is 5.81. The van der Waals surface area contributed by atoms with Crippen LogP contribution in [0.3, 0.4) is 0 Å². The molecule has 2 aliphatic rings. The lowest BCUT2D eigenvalue weighted by molar-refractivity contribution is 0.108. The zero-order valence-corrected chi connectivity index (χ0v) is 10.4. The Hall–Kier alpha value is -0.870. The molecule has 0 bridgehead atoms. The summed E-state index contributed by atoms with van der Waals surface area (Å²) in [5.74, 6) is 1.78. The average molecular weight is 236 g/mol. The lowest BCUT2D eigenvalue weighted by atomic mass is 10.1. The first kappa shape index (κ1) is 11.2. The monoisotopic (exact) mass is 236 g/mol. The third kappa shape index (κ3) is 2.24. The van der Waals surface area contributed by atoms with Gasteiger partial charge in [-0.05, 0) is 39.2 Å². The Kier molecular flexibility index (Phi) is 3.16. The molecule has 2 fully saturated rings. The van der Waals surface area contributed by atoms with Crippen molar-refractivity contribution in [1.82, 2.24) is 10.3 Å². The zero-order chi connectivity index (χ0) is 11.7. The van der Waals surface area contributed by atoms with Crippen molar-refractivity contribution >= 4 is 0 Å². The van der Waals surface area contributed by atoms with Crippen LogP contribution in [0.1, 0.15) is 61.6 Å². The molecule has 2 saturated heterocycles. The first-order valence-corrected chi connectivity index (χ1v) is 6.67. The number of hydrogen-bond donors (Lipinski definition) is 1. The lowest BCUT2D eigenvalue weighted by Gasteiger charge is -2.20. The van der Waals surface area contributed by atoms with Crippen LogP contribution in [0.5, 0.6) is 0 Å². The van der Waals surface area contributed by atoms with Crippen LogP contribution in [-0.4, -0.2) is 18.1 Å². The molecule has 1 aromatic heterocycles. The van der Waals surface area contributed by atoms with E-state index in [2.05, 4.69) is 10.3 Å². The molecule has 2 aliphatic heterocycles. The van der Waals surface area contributed by atoms with Gasteiger partial charge in [0, 0.05) is 6.61 Å². The fourth-order valence-corrected chi connectivity index (χ4v) is 2.73. The van der Waals surface area contributed by atoms with E-state index >= 15 is 0 Å². The van der Waals surface area contributed by atoms with Gasteiger partial charge in [-0.2, -0.15) is 0 Å². The molecule has 17 heavy (non-hydrogen) atoms. The topological polar surface area (TPSA) is 47.3 Å². The summed E-state index contributed by atoms with van der Waals surface area (Å²) < 4.78 is 11.5. The minimum atomic E-state index is 0.163. The molecule has 0 radical (unpaired) electrons. The second-order valence-corrected chi connectivity index (χ2v) is 5.00. The fourth-order valence-electron chi connectivity index (χ4n) is 2.73. The molecule has 1 N–H and O–H groups in total. The van der Waals surface area contributed by atoms with E-state index in [0.717, 1.165) is 49.8 Å². The van der Waals surface area contributed by atoms with Crippen LogP contribution < -0.4 is 5.32 Å². The van der Waals surface area contributed by atoms with Crippen molar-refractivity contribution < 1.29 is 9.15 Å². The van der Waals surface area contributed by atoms with Crippen LogP contribution in [0.2, 0.25) is 0 Å². The molecule has 94 valence electrons. The second-order valence-electron chi connectivity index (χ2n) is 5.00. The van der Waals surface area contributed by atoms with Gasteiger partial charge in [-0.25, -0.2) is 4.98 Å². The Morgan fingerprint density at radius 1 is 1.24 bits per heavy atom. The van der Waals surface area contributed by atoms with Crippen molar-refractivity contribution in [1.29, 1.82) is 0 Å². The number of aryl methyl sites for hydroxylation is 1. The Balaban J connectivity index is 1.79. The zero-order valence-electron chi connectivity index (χ0n) is 10.4. The summed E-state index contributed by atoms with van der Waals surface area (Å²) >= 11 is 0. The van der Waals surface area contributed by atoms with E-state index in [9.17, 15) is 0 Å². The summed E-state index contributed by atoms with van der Waals surface area (Å²) in [6, 6.07) is 0.303. The average Bonchev–Trinajstić information content (AvgIpc) is 2.99. The van der Waals surface area contributed by atoms with E-state index in [1.807, 2.05) is 6.92 Å². The van der Waals surface area contributed by atoms with E-state index in [0.29, 0.717) is 6.04 Å². The predicted molar refractivity (Wildman–Crippen MR) is 63.8 cm³/mol. The molecule has 4 heteroatoms. The van der Waals surface area contributed by atoms with Crippen molar-refractivity contribution in [3.8, 4) is 0 Å². The SMILES string of the molecule is Cc1oc(C2CCCCN2)nc1C1CCCO1. The number of oxazole rings is 1. The minimum Gasteiger partial charge on any atom is -0.444 e. The molecule has 3 rings (SSSR count). The lowest BCUT2D eigenvalue weighted by Crippen LogP contribution is -2.27. The van der Waals surface area contributed by atoms with Crippen molar-refractivity contribution in [3.05, 3.63) is 17.3 Å². The first-order chi connectivity index (χ1) is 8.34. The largest absolute Gasteiger partial charge is 0.444 e. The van der Waals surface area contributed by atoms with Crippen LogP contribution in [0.4, 0.5) is 0 Å². The van der Waals surface area contributed by atoms with E-state index in [-0.39, 0.29) is 6.10 Å². The van der Waals surface area contributed by atoms with Gasteiger partial charge in [0.05, 0.1) is 6.04 Å². The molecular formula is C13H20N2O2. The molecule has 0 aromatic carbocycles. The van der Waals surface area contributed by atoms with Crippen molar-refractivity contribution in [2.24, 2.45) is 0 Å². The highest BCUT2D eigenvalue weighted by molar-refractivity contribution is 5.14. The molecule has 0 amide bonds. The summed E-state index contributed by atoms with van der Waals surface area (Å²) in [6.45, 7) is 3.92. The first-order valence-electron chi connectivity index (χ1n) is 6.67. The molecule has 4 nitrogen and oxygen atoms in total. The normalized spacial score (nSPS) is 29.7. The van der Waals surface area contributed by atoms with Gasteiger partial charge in [0.1, 0.15) is 17.6 Å². The van der Waals surface area contributed by atoms with Gasteiger partial charge in [0.25, 0.3) is 0 Å². The van der Waals surface area contributed by atoms with Gasteiger partial charge in [0.15, 0.2) is 0 Å². The van der Waals surface area contributed by atoms with Gasteiger partial charge >= 0.3 is 0 Å². The van der Waals surface area contributed by atoms with Crippen LogP contribution in [0.25, 0.3) is 0 Å². The van der Waals surface area contributed by atoms with E-state index in [1.165, 1.54) is 12.8 Å². The quantitative estimate of drug-likeness (QED) is 0.857. The smallest absolute Gasteiger partial charge is 0.211 e. The van der Waals surface area contributed by atoms with Crippen LogP contribution in [0.15, 0.2) is 4.42 Å². The van der Waals surface area contributed by atoms with Crippen molar-refractivity contribution in [2.75, 3.05) is 13.2 Å². The van der Waals surface area contributed by atoms with Gasteiger partial charge in [-0.1, -0.05) is 6.42 Å². The minimum absolute atomic E-state index is 0.163. The van der Waals surface area contributed by atoms with E-state index < -0.39 is 0 Å². The third-order valence-electron chi connectivity index (χ3n) is 3.69. The van der Waals surface area contributed by atoms with Gasteiger partial charge in [-0.3, -0.25) is 0 Å². The Morgan fingerprint density at radius 2 is 2.18 bits per heavy atom. The molecule has 2 atom stereocenters. The standard InChI is InChI=1S/C13H20N2O2/c1-9-12(11-6-4-8-16-11)15-13(17-9)10-5-2-3-7-14-10/h10-11,14H,2-8H2,1H3. The van der Waals surface area contributed by atoms with Crippen molar-refractivity contribution in [3.63, 3.8) is 0 Å². The number of rotatable bonds is 2. The molecule has 0 aliphatic carbocycles. The summed E-state index contributed by atoms with van der Waals surface area (Å²) in [6.07, 6.45) is 6.02. The molecular weight excluding hydrogens is 216 g/mol. The predicted octanol–water partition coefficient (Wildman–Crippen LogP) is 2.65. The Morgan fingerprint density at radius 3 is 2.88 bits per heavy atom. The Labute approximate surface area is 102 Å². The Bertz CT molecular complexity index is 377. The van der Waals surface area contributed by atoms with Crippen LogP contribution >= 0.6 is 0 Å². The van der Waals surface area contributed by atoms with Gasteiger partial charge in [-0.15, -0.1) is 0 Å². The number of nitrogens with zero attached hydrogens (tertiary/aromatic N) is 1. The third-order valence-corrected chi connectivity index (χ3v) is 3.69. The number of aromatic nitrogens is 1. The fraction of sp³-hybridized carbons (Fsp3) is 0.769. The van der Waals surface area contributed by atoms with E-state index in [4.69, 9.17) is 9.15 Å². The summed E-state index contributed by atoms with van der Waals surface area (Å²) in [7, 11) is 0. The molecule has 0 saturated carbocycles. The summed E-state index contributed by atoms with van der Waals surface area (Å²) in [5, 5.41) is 3.47. The molecule has 0 spiro atoms. The summed E-state index contributed by atoms with van der Waals surface area (Å²) in [4.78, 5) is 4.66. The second kappa shape index (κ2) is 4.78. The highest BCUT2D eigenvalue weighted by atomic mass is 16.5. The van der Waals surface area contributed by atoms with Gasteiger partial charge < -0.3 is 14.5 Å². The molecule has 2 unspecified atom stereocenters. The maximum Gasteiger partial charge on any atom is 0.211 e. The highest BCUT2D eigenvalue weighted by Gasteiger charge is 2.27. The highest BCUT2D eigenvalue weighted by Crippen LogP contribution is 2.32. The van der Waals surface area contributed by atoms with Crippen LogP contribution in [0, 0.1) is 6.92 Å². The van der Waals surface area contributed by atoms with Crippen molar-refractivity contribution in [2.45, 2.75) is 51.2 Å². The summed E-state index contributed by atoms with van der Waals surface area (Å²) in [5.41, 5.74) is 1.02.